The molecule has 1 aliphatic heterocycles. The van der Waals surface area contributed by atoms with E-state index in [1.54, 1.807) is 9.58 Å². The predicted molar refractivity (Wildman–Crippen MR) is 116 cm³/mol. The van der Waals surface area contributed by atoms with Crippen molar-refractivity contribution in [2.75, 3.05) is 26.7 Å². The van der Waals surface area contributed by atoms with Crippen molar-refractivity contribution in [3.63, 3.8) is 0 Å². The van der Waals surface area contributed by atoms with Gasteiger partial charge in [-0.15, -0.1) is 0 Å². The lowest BCUT2D eigenvalue weighted by Gasteiger charge is -2.33. The molecule has 31 heavy (non-hydrogen) atoms. The molecule has 162 valence electrons. The van der Waals surface area contributed by atoms with Gasteiger partial charge >= 0.3 is 12.1 Å². The number of carbonyl (C=O) groups is 2. The molecule has 1 fully saturated rings. The van der Waals surface area contributed by atoms with Gasteiger partial charge in [0.25, 0.3) is 0 Å². The summed E-state index contributed by atoms with van der Waals surface area (Å²) in [4.78, 5) is 26.5. The van der Waals surface area contributed by atoms with Gasteiger partial charge in [-0.25, -0.2) is 9.59 Å². The minimum Gasteiger partial charge on any atom is -0.464 e. The second kappa shape index (κ2) is 9.61. The predicted octanol–water partition coefficient (Wildman–Crippen LogP) is 2.82. The van der Waals surface area contributed by atoms with Crippen molar-refractivity contribution < 1.29 is 19.1 Å². The Bertz CT molecular complexity index is 1050. The summed E-state index contributed by atoms with van der Waals surface area (Å²) in [7, 11) is 1.37. The van der Waals surface area contributed by atoms with Crippen molar-refractivity contribution in [1.82, 2.24) is 20.0 Å². The molecule has 0 unspecified atom stereocenters. The van der Waals surface area contributed by atoms with E-state index in [-0.39, 0.29) is 18.7 Å². The molecule has 8 heteroatoms. The first-order chi connectivity index (χ1) is 15.2. The molecule has 1 amide bonds. The van der Waals surface area contributed by atoms with Crippen molar-refractivity contribution in [3.05, 3.63) is 65.9 Å². The molecule has 3 aromatic rings. The number of nitrogens with zero attached hydrogens (tertiary/aromatic N) is 3. The van der Waals surface area contributed by atoms with E-state index in [9.17, 15) is 9.59 Å². The molecule has 0 radical (unpaired) electrons. The van der Waals surface area contributed by atoms with Gasteiger partial charge in [-0.3, -0.25) is 4.68 Å². The van der Waals surface area contributed by atoms with E-state index in [0.717, 1.165) is 16.5 Å². The number of carbonyl (C=O) groups excluding carboxylic acids is 2. The maximum absolute atomic E-state index is 12.5. The molecule has 2 aromatic carbocycles. The van der Waals surface area contributed by atoms with Gasteiger partial charge in [0.15, 0.2) is 5.69 Å². The Morgan fingerprint density at radius 2 is 1.90 bits per heavy atom. The molecule has 0 saturated carbocycles. The van der Waals surface area contributed by atoms with Crippen molar-refractivity contribution in [3.8, 4) is 0 Å². The van der Waals surface area contributed by atoms with Crippen LogP contribution >= 0.6 is 0 Å². The molecular formula is C23H26N4O4. The first kappa shape index (κ1) is 20.9. The summed E-state index contributed by atoms with van der Waals surface area (Å²) in [5.41, 5.74) is 2.17. The van der Waals surface area contributed by atoms with Gasteiger partial charge in [0.1, 0.15) is 6.61 Å². The molecule has 0 spiro atoms. The Balaban J connectivity index is 1.37. The summed E-state index contributed by atoms with van der Waals surface area (Å²) in [6.07, 6.45) is 0.399. The molecule has 1 N–H and O–H groups in total. The first-order valence-corrected chi connectivity index (χ1v) is 10.4. The fourth-order valence-corrected chi connectivity index (χ4v) is 3.83. The largest absolute Gasteiger partial charge is 0.464 e. The number of methoxy groups -OCH3 is 1. The number of fused-ring (bicyclic) bond motifs is 1. The van der Waals surface area contributed by atoms with E-state index in [4.69, 9.17) is 9.47 Å². The average molecular weight is 422 g/mol. The molecule has 1 saturated heterocycles. The monoisotopic (exact) mass is 422 g/mol. The topological polar surface area (TPSA) is 85.7 Å². The molecular weight excluding hydrogens is 396 g/mol. The number of hydrogen-bond donors (Lipinski definition) is 1. The van der Waals surface area contributed by atoms with Gasteiger partial charge in [-0.1, -0.05) is 48.5 Å². The smallest absolute Gasteiger partial charge is 0.410 e. The van der Waals surface area contributed by atoms with Crippen molar-refractivity contribution in [2.24, 2.45) is 0 Å². The number of aryl methyl sites for hydroxylation is 1. The molecule has 2 heterocycles. The Labute approximate surface area is 180 Å². The van der Waals surface area contributed by atoms with E-state index in [0.29, 0.717) is 38.3 Å². The fourth-order valence-electron chi connectivity index (χ4n) is 3.83. The highest BCUT2D eigenvalue weighted by Crippen LogP contribution is 2.20. The van der Waals surface area contributed by atoms with Crippen LogP contribution in [-0.2, 0) is 22.6 Å². The van der Waals surface area contributed by atoms with Crippen LogP contribution in [0, 0.1) is 0 Å². The maximum atomic E-state index is 12.5. The number of amides is 1. The molecule has 1 atom stereocenters. The van der Waals surface area contributed by atoms with E-state index in [2.05, 4.69) is 10.4 Å². The van der Waals surface area contributed by atoms with E-state index in [1.807, 2.05) is 54.6 Å². The maximum Gasteiger partial charge on any atom is 0.410 e. The standard InChI is InChI=1S/C23H26N4O4/c1-30-22(28)21-19-9-5-6-10-20(19)25-27(21)13-11-18-15-26(14-12-24-18)23(29)31-16-17-7-3-2-4-8-17/h2-10,18,24H,11-16H2,1H3/t18-/m1/s1. The van der Waals surface area contributed by atoms with Gasteiger partial charge in [0.2, 0.25) is 0 Å². The first-order valence-electron chi connectivity index (χ1n) is 10.4. The van der Waals surface area contributed by atoms with Crippen LogP contribution in [0.4, 0.5) is 4.79 Å². The van der Waals surface area contributed by atoms with E-state index < -0.39 is 5.97 Å². The van der Waals surface area contributed by atoms with E-state index >= 15 is 0 Å². The highest BCUT2D eigenvalue weighted by molar-refractivity contribution is 6.02. The summed E-state index contributed by atoms with van der Waals surface area (Å²) in [5, 5.41) is 8.78. The zero-order valence-corrected chi connectivity index (χ0v) is 17.5. The van der Waals surface area contributed by atoms with Crippen molar-refractivity contribution in [1.29, 1.82) is 0 Å². The Kier molecular flexibility index (Phi) is 6.47. The third-order valence-corrected chi connectivity index (χ3v) is 5.43. The normalized spacial score (nSPS) is 16.3. The van der Waals surface area contributed by atoms with Gasteiger partial charge in [0, 0.05) is 37.6 Å². The summed E-state index contributed by atoms with van der Waals surface area (Å²) in [6, 6.07) is 17.2. The second-order valence-corrected chi connectivity index (χ2v) is 7.51. The molecule has 8 nitrogen and oxygen atoms in total. The number of esters is 1. The van der Waals surface area contributed by atoms with Crippen molar-refractivity contribution in [2.45, 2.75) is 25.6 Å². The molecule has 0 aliphatic carbocycles. The lowest BCUT2D eigenvalue weighted by molar-refractivity contribution is 0.0588. The van der Waals surface area contributed by atoms with Crippen LogP contribution in [0.3, 0.4) is 0 Å². The van der Waals surface area contributed by atoms with Crippen LogP contribution in [0.1, 0.15) is 22.5 Å². The van der Waals surface area contributed by atoms with E-state index in [1.165, 1.54) is 7.11 Å². The van der Waals surface area contributed by atoms with Gasteiger partial charge < -0.3 is 19.7 Å². The van der Waals surface area contributed by atoms with Crippen LogP contribution in [-0.4, -0.2) is 59.5 Å². The summed E-state index contributed by atoms with van der Waals surface area (Å²) in [5.74, 6) is -0.406. The Morgan fingerprint density at radius 1 is 1.13 bits per heavy atom. The number of benzene rings is 2. The molecule has 4 rings (SSSR count). The molecule has 1 aliphatic rings. The zero-order chi connectivity index (χ0) is 21.6. The highest BCUT2D eigenvalue weighted by atomic mass is 16.6. The number of nitrogens with one attached hydrogen (secondary N) is 1. The molecule has 1 aromatic heterocycles. The third-order valence-electron chi connectivity index (χ3n) is 5.43. The van der Waals surface area contributed by atoms with Crippen LogP contribution in [0.15, 0.2) is 54.6 Å². The summed E-state index contributed by atoms with van der Waals surface area (Å²) in [6.45, 7) is 2.63. The fraction of sp³-hybridized carbons (Fsp3) is 0.348. The third kappa shape index (κ3) is 4.86. The molecule has 0 bridgehead atoms. The number of ether oxygens (including phenoxy) is 2. The van der Waals surface area contributed by atoms with Crippen LogP contribution in [0.2, 0.25) is 0 Å². The zero-order valence-electron chi connectivity index (χ0n) is 17.5. The van der Waals surface area contributed by atoms with Crippen LogP contribution < -0.4 is 5.32 Å². The van der Waals surface area contributed by atoms with Crippen LogP contribution in [0.25, 0.3) is 10.9 Å². The lowest BCUT2D eigenvalue weighted by atomic mass is 10.1. The summed E-state index contributed by atoms with van der Waals surface area (Å²) < 4.78 is 12.1. The van der Waals surface area contributed by atoms with Gasteiger partial charge in [-0.05, 0) is 18.1 Å². The number of aromatic nitrogens is 2. The second-order valence-electron chi connectivity index (χ2n) is 7.51. The van der Waals surface area contributed by atoms with Gasteiger partial charge in [0.05, 0.1) is 12.6 Å². The number of piperazine rings is 1. The van der Waals surface area contributed by atoms with Gasteiger partial charge in [-0.2, -0.15) is 5.10 Å². The quantitative estimate of drug-likeness (QED) is 0.615. The minimum absolute atomic E-state index is 0.0795. The van der Waals surface area contributed by atoms with Crippen LogP contribution in [0.5, 0.6) is 0 Å². The number of rotatable bonds is 6. The number of hydrogen-bond acceptors (Lipinski definition) is 6. The highest BCUT2D eigenvalue weighted by Gasteiger charge is 2.25. The lowest BCUT2D eigenvalue weighted by Crippen LogP contribution is -2.53. The Morgan fingerprint density at radius 3 is 2.71 bits per heavy atom. The average Bonchev–Trinajstić information content (AvgIpc) is 3.20. The Hall–Kier alpha value is -3.39. The summed E-state index contributed by atoms with van der Waals surface area (Å²) >= 11 is 0. The van der Waals surface area contributed by atoms with Crippen molar-refractivity contribution >= 4 is 23.0 Å². The SMILES string of the molecule is COC(=O)c1c2ccccc2nn1CC[C@@H]1CN(C(=O)OCc2ccccc2)CCN1. The minimum atomic E-state index is -0.406.